The molecule has 0 aliphatic heterocycles. The maximum atomic E-state index is 13.2. The highest BCUT2D eigenvalue weighted by atomic mass is 19.1. The third-order valence-electron chi connectivity index (χ3n) is 3.51. The SMILES string of the molecule is CN=C(NCc1cccc(OC)c1)NCC(C)Oc1cccc(F)c1. The van der Waals surface area contributed by atoms with E-state index in [0.29, 0.717) is 24.8 Å². The summed E-state index contributed by atoms with van der Waals surface area (Å²) in [4.78, 5) is 4.19. The Hall–Kier alpha value is -2.76. The lowest BCUT2D eigenvalue weighted by molar-refractivity contribution is 0.223. The first-order valence-corrected chi connectivity index (χ1v) is 8.10. The minimum absolute atomic E-state index is 0.142. The molecule has 5 nitrogen and oxygen atoms in total. The van der Waals surface area contributed by atoms with Crippen molar-refractivity contribution in [3.63, 3.8) is 0 Å². The van der Waals surface area contributed by atoms with Crippen LogP contribution in [-0.2, 0) is 6.54 Å². The summed E-state index contributed by atoms with van der Waals surface area (Å²) in [6.07, 6.45) is -0.142. The monoisotopic (exact) mass is 345 g/mol. The molecule has 2 N–H and O–H groups in total. The summed E-state index contributed by atoms with van der Waals surface area (Å²) < 4.78 is 24.1. The third-order valence-corrected chi connectivity index (χ3v) is 3.51. The smallest absolute Gasteiger partial charge is 0.191 e. The number of ether oxygens (including phenoxy) is 2. The Labute approximate surface area is 147 Å². The Morgan fingerprint density at radius 1 is 1.12 bits per heavy atom. The van der Waals surface area contributed by atoms with Gasteiger partial charge in [0.25, 0.3) is 0 Å². The fourth-order valence-corrected chi connectivity index (χ4v) is 2.24. The number of halogens is 1. The quantitative estimate of drug-likeness (QED) is 0.598. The molecule has 0 heterocycles. The molecule has 0 bridgehead atoms. The van der Waals surface area contributed by atoms with E-state index in [4.69, 9.17) is 9.47 Å². The molecule has 1 unspecified atom stereocenters. The molecule has 2 rings (SSSR count). The summed E-state index contributed by atoms with van der Waals surface area (Å²) in [7, 11) is 3.35. The molecular weight excluding hydrogens is 321 g/mol. The van der Waals surface area contributed by atoms with Crippen LogP contribution in [0, 0.1) is 5.82 Å². The molecule has 6 heteroatoms. The number of methoxy groups -OCH3 is 1. The Kier molecular flexibility index (Phi) is 7.07. The van der Waals surface area contributed by atoms with Gasteiger partial charge < -0.3 is 20.1 Å². The van der Waals surface area contributed by atoms with Crippen LogP contribution in [0.5, 0.6) is 11.5 Å². The topological polar surface area (TPSA) is 54.9 Å². The Bertz CT molecular complexity index is 707. The zero-order valence-electron chi connectivity index (χ0n) is 14.8. The zero-order valence-corrected chi connectivity index (χ0v) is 14.8. The maximum absolute atomic E-state index is 13.2. The zero-order chi connectivity index (χ0) is 18.1. The molecule has 0 radical (unpaired) electrons. The van der Waals surface area contributed by atoms with Gasteiger partial charge in [-0.25, -0.2) is 4.39 Å². The van der Waals surface area contributed by atoms with Crippen LogP contribution in [0.1, 0.15) is 12.5 Å². The predicted octanol–water partition coefficient (Wildman–Crippen LogP) is 2.97. The van der Waals surface area contributed by atoms with Crippen LogP contribution < -0.4 is 20.1 Å². The lowest BCUT2D eigenvalue weighted by Gasteiger charge is -2.18. The summed E-state index contributed by atoms with van der Waals surface area (Å²) in [6.45, 7) is 3.07. The van der Waals surface area contributed by atoms with E-state index in [9.17, 15) is 4.39 Å². The van der Waals surface area contributed by atoms with Gasteiger partial charge in [0.05, 0.1) is 13.7 Å². The fraction of sp³-hybridized carbons (Fsp3) is 0.316. The van der Waals surface area contributed by atoms with E-state index in [1.165, 1.54) is 12.1 Å². The summed E-state index contributed by atoms with van der Waals surface area (Å²) in [5, 5.41) is 6.42. The molecule has 0 aromatic heterocycles. The summed E-state index contributed by atoms with van der Waals surface area (Å²) in [5.74, 6) is 1.68. The number of aliphatic imine (C=N–C) groups is 1. The first-order chi connectivity index (χ1) is 12.1. The second kappa shape index (κ2) is 9.52. The summed E-state index contributed by atoms with van der Waals surface area (Å²) in [5.41, 5.74) is 1.09. The predicted molar refractivity (Wildman–Crippen MR) is 97.7 cm³/mol. The van der Waals surface area contributed by atoms with E-state index in [2.05, 4.69) is 15.6 Å². The van der Waals surface area contributed by atoms with Crippen LogP contribution in [0.4, 0.5) is 4.39 Å². The van der Waals surface area contributed by atoms with Crippen LogP contribution in [0.25, 0.3) is 0 Å². The second-order valence-corrected chi connectivity index (χ2v) is 5.54. The van der Waals surface area contributed by atoms with E-state index in [0.717, 1.165) is 11.3 Å². The minimum atomic E-state index is -0.312. The maximum Gasteiger partial charge on any atom is 0.191 e. The van der Waals surface area contributed by atoms with Crippen molar-refractivity contribution in [1.82, 2.24) is 10.6 Å². The van der Waals surface area contributed by atoms with E-state index in [-0.39, 0.29) is 11.9 Å². The Morgan fingerprint density at radius 3 is 2.60 bits per heavy atom. The Morgan fingerprint density at radius 2 is 1.88 bits per heavy atom. The van der Waals surface area contributed by atoms with Crippen LogP contribution >= 0.6 is 0 Å². The lowest BCUT2D eigenvalue weighted by atomic mass is 10.2. The van der Waals surface area contributed by atoms with Crippen LogP contribution in [-0.4, -0.2) is 32.8 Å². The van der Waals surface area contributed by atoms with E-state index in [1.807, 2.05) is 31.2 Å². The van der Waals surface area contributed by atoms with Gasteiger partial charge in [0, 0.05) is 19.7 Å². The molecule has 2 aromatic carbocycles. The van der Waals surface area contributed by atoms with Gasteiger partial charge >= 0.3 is 0 Å². The molecule has 0 aliphatic carbocycles. The van der Waals surface area contributed by atoms with Crippen molar-refractivity contribution in [2.24, 2.45) is 4.99 Å². The lowest BCUT2D eigenvalue weighted by Crippen LogP contribution is -2.41. The number of rotatable bonds is 7. The number of guanidine groups is 1. The van der Waals surface area contributed by atoms with Crippen LogP contribution in [0.15, 0.2) is 53.5 Å². The first-order valence-electron chi connectivity index (χ1n) is 8.10. The molecular formula is C19H24FN3O2. The van der Waals surface area contributed by atoms with Gasteiger partial charge in [-0.3, -0.25) is 4.99 Å². The van der Waals surface area contributed by atoms with Gasteiger partial charge in [-0.2, -0.15) is 0 Å². The minimum Gasteiger partial charge on any atom is -0.497 e. The standard InChI is InChI=1S/C19H24FN3O2/c1-14(25-18-9-5-7-16(20)11-18)12-22-19(21-2)23-13-15-6-4-8-17(10-15)24-3/h4-11,14H,12-13H2,1-3H3,(H2,21,22,23). The van der Waals surface area contributed by atoms with Crippen molar-refractivity contribution in [1.29, 1.82) is 0 Å². The molecule has 0 amide bonds. The normalized spacial score (nSPS) is 12.4. The summed E-state index contributed by atoms with van der Waals surface area (Å²) in [6, 6.07) is 13.9. The van der Waals surface area contributed by atoms with Gasteiger partial charge in [0.15, 0.2) is 5.96 Å². The van der Waals surface area contributed by atoms with Crippen molar-refractivity contribution in [2.45, 2.75) is 19.6 Å². The van der Waals surface area contributed by atoms with Crippen molar-refractivity contribution in [3.05, 3.63) is 59.9 Å². The second-order valence-electron chi connectivity index (χ2n) is 5.54. The molecule has 0 fully saturated rings. The van der Waals surface area contributed by atoms with Gasteiger partial charge in [-0.15, -0.1) is 0 Å². The van der Waals surface area contributed by atoms with Gasteiger partial charge in [0.1, 0.15) is 23.4 Å². The number of hydrogen-bond donors (Lipinski definition) is 2. The van der Waals surface area contributed by atoms with E-state index < -0.39 is 0 Å². The van der Waals surface area contributed by atoms with Crippen LogP contribution in [0.3, 0.4) is 0 Å². The number of nitrogens with one attached hydrogen (secondary N) is 2. The van der Waals surface area contributed by atoms with Crippen molar-refractivity contribution < 1.29 is 13.9 Å². The van der Waals surface area contributed by atoms with Gasteiger partial charge in [-0.05, 0) is 36.8 Å². The van der Waals surface area contributed by atoms with Crippen molar-refractivity contribution >= 4 is 5.96 Å². The molecule has 0 saturated heterocycles. The largest absolute Gasteiger partial charge is 0.497 e. The van der Waals surface area contributed by atoms with Crippen molar-refractivity contribution in [2.75, 3.05) is 20.7 Å². The van der Waals surface area contributed by atoms with E-state index >= 15 is 0 Å². The average Bonchev–Trinajstić information content (AvgIpc) is 2.62. The number of nitrogens with zero attached hydrogens (tertiary/aromatic N) is 1. The molecule has 0 saturated carbocycles. The fourth-order valence-electron chi connectivity index (χ4n) is 2.24. The summed E-state index contributed by atoms with van der Waals surface area (Å²) >= 11 is 0. The number of hydrogen-bond acceptors (Lipinski definition) is 3. The number of benzene rings is 2. The first kappa shape index (κ1) is 18.6. The highest BCUT2D eigenvalue weighted by Gasteiger charge is 2.06. The third kappa shape index (κ3) is 6.33. The molecule has 2 aromatic rings. The molecule has 0 aliphatic rings. The Balaban J connectivity index is 1.79. The van der Waals surface area contributed by atoms with Gasteiger partial charge in [0.2, 0.25) is 0 Å². The average molecular weight is 345 g/mol. The van der Waals surface area contributed by atoms with Crippen LogP contribution in [0.2, 0.25) is 0 Å². The highest BCUT2D eigenvalue weighted by molar-refractivity contribution is 5.79. The molecule has 0 spiro atoms. The molecule has 25 heavy (non-hydrogen) atoms. The highest BCUT2D eigenvalue weighted by Crippen LogP contribution is 2.14. The van der Waals surface area contributed by atoms with Crippen molar-refractivity contribution in [3.8, 4) is 11.5 Å². The van der Waals surface area contributed by atoms with Gasteiger partial charge in [-0.1, -0.05) is 18.2 Å². The molecule has 134 valence electrons. The van der Waals surface area contributed by atoms with E-state index in [1.54, 1.807) is 26.3 Å². The molecule has 1 atom stereocenters.